The van der Waals surface area contributed by atoms with E-state index in [1.165, 1.54) is 18.3 Å². The van der Waals surface area contributed by atoms with Gasteiger partial charge in [0, 0.05) is 23.0 Å². The van der Waals surface area contributed by atoms with Crippen LogP contribution in [0.3, 0.4) is 0 Å². The first-order valence-electron chi connectivity index (χ1n) is 8.75. The number of nitrogens with one attached hydrogen (secondary N) is 1. The van der Waals surface area contributed by atoms with Crippen LogP contribution in [0.2, 0.25) is 0 Å². The molecule has 30 heavy (non-hydrogen) atoms. The first-order valence-corrected chi connectivity index (χ1v) is 8.75. The van der Waals surface area contributed by atoms with Crippen LogP contribution in [-0.4, -0.2) is 20.5 Å². The van der Waals surface area contributed by atoms with Gasteiger partial charge < -0.3 is 5.32 Å². The second-order valence-corrected chi connectivity index (χ2v) is 6.38. The second kappa shape index (κ2) is 7.37. The Kier molecular flexibility index (Phi) is 4.72. The molecular formula is C22H13F3N4O. The van der Waals surface area contributed by atoms with Crippen molar-refractivity contribution in [3.63, 3.8) is 0 Å². The maximum absolute atomic E-state index is 12.9. The van der Waals surface area contributed by atoms with E-state index in [9.17, 15) is 18.0 Å². The molecule has 1 N–H and O–H groups in total. The standard InChI is InChI=1S/C22H13F3N4O/c1-2-14-13-27-29-19(9-10-26-20(14)29)15-5-4-8-18(12-15)28-21(30)16-6-3-7-17(11-16)22(23,24)25/h1,3-13H,(H,28,30). The Morgan fingerprint density at radius 1 is 1.10 bits per heavy atom. The van der Waals surface area contributed by atoms with Gasteiger partial charge in [0.1, 0.15) is 0 Å². The number of halogens is 3. The minimum atomic E-state index is -4.52. The summed E-state index contributed by atoms with van der Waals surface area (Å²) in [6, 6.07) is 12.9. The largest absolute Gasteiger partial charge is 0.416 e. The number of alkyl halides is 3. The number of amides is 1. The minimum absolute atomic E-state index is 0.0905. The number of carbonyl (C=O) groups excluding carboxylic acids is 1. The predicted octanol–water partition coefficient (Wildman–Crippen LogP) is 4.65. The Labute approximate surface area is 169 Å². The molecule has 0 unspecified atom stereocenters. The van der Waals surface area contributed by atoms with Gasteiger partial charge in [-0.15, -0.1) is 6.42 Å². The second-order valence-electron chi connectivity index (χ2n) is 6.38. The van der Waals surface area contributed by atoms with Crippen molar-refractivity contribution in [2.45, 2.75) is 6.18 Å². The average Bonchev–Trinajstić information content (AvgIpc) is 3.17. The Hall–Kier alpha value is -4.12. The van der Waals surface area contributed by atoms with E-state index in [0.29, 0.717) is 22.6 Å². The zero-order valence-electron chi connectivity index (χ0n) is 15.3. The molecule has 5 nitrogen and oxygen atoms in total. The molecule has 0 atom stereocenters. The van der Waals surface area contributed by atoms with Crippen molar-refractivity contribution in [3.8, 4) is 23.6 Å². The molecular weight excluding hydrogens is 393 g/mol. The third kappa shape index (κ3) is 3.61. The summed E-state index contributed by atoms with van der Waals surface area (Å²) < 4.78 is 40.3. The van der Waals surface area contributed by atoms with Crippen LogP contribution in [0.15, 0.2) is 67.0 Å². The number of fused-ring (bicyclic) bond motifs is 1. The highest BCUT2D eigenvalue weighted by molar-refractivity contribution is 6.04. The van der Waals surface area contributed by atoms with Crippen LogP contribution >= 0.6 is 0 Å². The number of hydrogen-bond acceptors (Lipinski definition) is 3. The van der Waals surface area contributed by atoms with E-state index >= 15 is 0 Å². The number of rotatable bonds is 3. The molecule has 0 aliphatic carbocycles. The molecule has 0 aliphatic rings. The normalized spacial score (nSPS) is 11.3. The number of hydrogen-bond donors (Lipinski definition) is 1. The molecule has 0 aliphatic heterocycles. The highest BCUT2D eigenvalue weighted by atomic mass is 19.4. The van der Waals surface area contributed by atoms with Crippen LogP contribution in [0.1, 0.15) is 21.5 Å². The quantitative estimate of drug-likeness (QED) is 0.504. The Bertz CT molecular complexity index is 1300. The van der Waals surface area contributed by atoms with E-state index in [0.717, 1.165) is 17.7 Å². The molecule has 0 bridgehead atoms. The van der Waals surface area contributed by atoms with E-state index < -0.39 is 17.6 Å². The molecule has 2 aromatic carbocycles. The van der Waals surface area contributed by atoms with Crippen molar-refractivity contribution in [3.05, 3.63) is 83.7 Å². The van der Waals surface area contributed by atoms with Crippen molar-refractivity contribution in [2.75, 3.05) is 5.32 Å². The maximum Gasteiger partial charge on any atom is 0.416 e. The van der Waals surface area contributed by atoms with Gasteiger partial charge in [-0.25, -0.2) is 9.50 Å². The van der Waals surface area contributed by atoms with Crippen molar-refractivity contribution >= 4 is 17.2 Å². The van der Waals surface area contributed by atoms with Gasteiger partial charge in [0.25, 0.3) is 5.91 Å². The zero-order chi connectivity index (χ0) is 21.3. The lowest BCUT2D eigenvalue weighted by molar-refractivity contribution is -0.137. The van der Waals surface area contributed by atoms with Crippen molar-refractivity contribution in [1.82, 2.24) is 14.6 Å². The first kappa shape index (κ1) is 19.2. The van der Waals surface area contributed by atoms with Gasteiger partial charge in [-0.05, 0) is 36.4 Å². The number of nitrogens with zero attached hydrogens (tertiary/aromatic N) is 3. The number of aromatic nitrogens is 3. The van der Waals surface area contributed by atoms with Gasteiger partial charge in [0.15, 0.2) is 5.65 Å². The van der Waals surface area contributed by atoms with E-state index in [-0.39, 0.29) is 5.56 Å². The fourth-order valence-electron chi connectivity index (χ4n) is 3.01. The maximum atomic E-state index is 12.9. The summed E-state index contributed by atoms with van der Waals surface area (Å²) in [5.41, 5.74) is 1.93. The van der Waals surface area contributed by atoms with E-state index in [4.69, 9.17) is 6.42 Å². The molecule has 148 valence electrons. The molecule has 8 heteroatoms. The van der Waals surface area contributed by atoms with Crippen LogP contribution in [-0.2, 0) is 6.18 Å². The summed E-state index contributed by atoms with van der Waals surface area (Å²) in [4.78, 5) is 16.7. The Balaban J connectivity index is 1.65. The van der Waals surface area contributed by atoms with E-state index in [1.807, 2.05) is 6.07 Å². The van der Waals surface area contributed by atoms with Crippen LogP contribution in [0.4, 0.5) is 18.9 Å². The van der Waals surface area contributed by atoms with Crippen LogP contribution < -0.4 is 5.32 Å². The van der Waals surface area contributed by atoms with Crippen LogP contribution in [0.5, 0.6) is 0 Å². The van der Waals surface area contributed by atoms with Gasteiger partial charge in [-0.1, -0.05) is 24.1 Å². The summed E-state index contributed by atoms with van der Waals surface area (Å²) in [5, 5.41) is 6.88. The summed E-state index contributed by atoms with van der Waals surface area (Å²) in [5.74, 6) is 1.87. The molecule has 0 fully saturated rings. The third-order valence-electron chi connectivity index (χ3n) is 4.43. The van der Waals surface area contributed by atoms with Gasteiger partial charge in [0.2, 0.25) is 0 Å². The monoisotopic (exact) mass is 406 g/mol. The molecule has 0 saturated carbocycles. The van der Waals surface area contributed by atoms with Crippen molar-refractivity contribution in [2.24, 2.45) is 0 Å². The van der Waals surface area contributed by atoms with E-state index in [1.54, 1.807) is 35.0 Å². The van der Waals surface area contributed by atoms with Crippen molar-refractivity contribution < 1.29 is 18.0 Å². The first-order chi connectivity index (χ1) is 14.4. The van der Waals surface area contributed by atoms with Crippen LogP contribution in [0.25, 0.3) is 16.9 Å². The SMILES string of the molecule is C#Cc1cnn2c(-c3cccc(NC(=O)c4cccc(C(F)(F)F)c4)c3)ccnc12. The minimum Gasteiger partial charge on any atom is -0.322 e. The lowest BCUT2D eigenvalue weighted by atomic mass is 10.1. The number of terminal acetylenes is 1. The smallest absolute Gasteiger partial charge is 0.322 e. The molecule has 0 saturated heterocycles. The summed E-state index contributed by atoms with van der Waals surface area (Å²) in [7, 11) is 0. The fourth-order valence-corrected chi connectivity index (χ4v) is 3.01. The van der Waals surface area contributed by atoms with Crippen LogP contribution in [0, 0.1) is 12.3 Å². The highest BCUT2D eigenvalue weighted by Gasteiger charge is 2.30. The lowest BCUT2D eigenvalue weighted by Crippen LogP contribution is -2.14. The zero-order valence-corrected chi connectivity index (χ0v) is 15.3. The molecule has 4 rings (SSSR count). The third-order valence-corrected chi connectivity index (χ3v) is 4.43. The van der Waals surface area contributed by atoms with Gasteiger partial charge in [-0.3, -0.25) is 4.79 Å². The molecule has 0 radical (unpaired) electrons. The van der Waals surface area contributed by atoms with E-state index in [2.05, 4.69) is 21.3 Å². The molecule has 0 spiro atoms. The van der Waals surface area contributed by atoms with Gasteiger partial charge >= 0.3 is 6.18 Å². The fraction of sp³-hybridized carbons (Fsp3) is 0.0455. The predicted molar refractivity (Wildman–Crippen MR) is 106 cm³/mol. The summed E-state index contributed by atoms with van der Waals surface area (Å²) in [6.07, 6.45) is 4.07. The molecule has 2 heterocycles. The van der Waals surface area contributed by atoms with Crippen molar-refractivity contribution in [1.29, 1.82) is 0 Å². The topological polar surface area (TPSA) is 59.3 Å². The summed E-state index contributed by atoms with van der Waals surface area (Å²) >= 11 is 0. The molecule has 4 aromatic rings. The Morgan fingerprint density at radius 2 is 1.90 bits per heavy atom. The Morgan fingerprint density at radius 3 is 2.67 bits per heavy atom. The highest BCUT2D eigenvalue weighted by Crippen LogP contribution is 2.30. The van der Waals surface area contributed by atoms with Gasteiger partial charge in [0.05, 0.1) is 23.0 Å². The number of anilines is 1. The lowest BCUT2D eigenvalue weighted by Gasteiger charge is -2.11. The van der Waals surface area contributed by atoms with Gasteiger partial charge in [-0.2, -0.15) is 18.3 Å². The number of benzene rings is 2. The average molecular weight is 406 g/mol. The molecule has 1 amide bonds. The summed E-state index contributed by atoms with van der Waals surface area (Å²) in [6.45, 7) is 0. The number of carbonyl (C=O) groups is 1. The molecule has 2 aromatic heterocycles.